The maximum absolute atomic E-state index is 11.4. The molecule has 5 heteroatoms. The molecule has 2 rings (SSSR count). The van der Waals surface area contributed by atoms with Crippen LogP contribution in [0.15, 0.2) is 4.79 Å². The van der Waals surface area contributed by atoms with Gasteiger partial charge in [0, 0.05) is 31.6 Å². The summed E-state index contributed by atoms with van der Waals surface area (Å²) in [5.74, 6) is 0. The number of nitrogens with zero attached hydrogens (tertiary/aromatic N) is 2. The van der Waals surface area contributed by atoms with Crippen LogP contribution in [-0.4, -0.2) is 41.5 Å². The number of aromatic amines is 1. The van der Waals surface area contributed by atoms with Gasteiger partial charge < -0.3 is 15.6 Å². The standard InChI is InChI=1S/C11H18N4O/c1-15-6-3-8-9(2-5-12)13-11(16)14-10(8)4-7-15/h2-7,12H2,1H3,(H,13,14,16). The number of fused-ring (bicyclic) bond motifs is 1. The molecule has 0 atom stereocenters. The first-order valence-electron chi connectivity index (χ1n) is 5.70. The first-order chi connectivity index (χ1) is 7.70. The number of H-pyrrole nitrogens is 1. The Morgan fingerprint density at radius 1 is 1.44 bits per heavy atom. The van der Waals surface area contributed by atoms with Crippen molar-refractivity contribution in [3.05, 3.63) is 27.4 Å². The van der Waals surface area contributed by atoms with E-state index in [9.17, 15) is 4.79 Å². The SMILES string of the molecule is CN1CCc2[nH]c(=O)nc(CCN)c2CC1. The van der Waals surface area contributed by atoms with Gasteiger partial charge in [-0.15, -0.1) is 0 Å². The minimum atomic E-state index is -0.244. The minimum absolute atomic E-state index is 0.244. The molecule has 1 aliphatic rings. The number of hydrogen-bond donors (Lipinski definition) is 2. The largest absolute Gasteiger partial charge is 0.345 e. The van der Waals surface area contributed by atoms with Gasteiger partial charge in [-0.1, -0.05) is 0 Å². The molecule has 0 saturated heterocycles. The Balaban J connectivity index is 2.41. The fourth-order valence-corrected chi connectivity index (χ4v) is 2.17. The first-order valence-corrected chi connectivity index (χ1v) is 5.70. The Hall–Kier alpha value is -1.20. The van der Waals surface area contributed by atoms with Crippen molar-refractivity contribution in [2.45, 2.75) is 19.3 Å². The van der Waals surface area contributed by atoms with E-state index >= 15 is 0 Å². The van der Waals surface area contributed by atoms with E-state index in [2.05, 4.69) is 21.9 Å². The van der Waals surface area contributed by atoms with E-state index in [0.29, 0.717) is 13.0 Å². The monoisotopic (exact) mass is 222 g/mol. The lowest BCUT2D eigenvalue weighted by Gasteiger charge is -2.11. The van der Waals surface area contributed by atoms with Crippen molar-refractivity contribution in [3.8, 4) is 0 Å². The topological polar surface area (TPSA) is 75.0 Å². The maximum Gasteiger partial charge on any atom is 0.345 e. The van der Waals surface area contributed by atoms with Gasteiger partial charge >= 0.3 is 5.69 Å². The van der Waals surface area contributed by atoms with Crippen LogP contribution in [0.25, 0.3) is 0 Å². The highest BCUT2D eigenvalue weighted by atomic mass is 16.1. The molecule has 0 spiro atoms. The molecule has 0 aliphatic carbocycles. The third kappa shape index (κ3) is 2.31. The summed E-state index contributed by atoms with van der Waals surface area (Å²) in [7, 11) is 2.10. The van der Waals surface area contributed by atoms with Gasteiger partial charge in [-0.25, -0.2) is 4.79 Å². The van der Waals surface area contributed by atoms with Crippen LogP contribution in [0.1, 0.15) is 17.0 Å². The lowest BCUT2D eigenvalue weighted by Crippen LogP contribution is -2.21. The third-order valence-corrected chi connectivity index (χ3v) is 3.08. The van der Waals surface area contributed by atoms with Crippen LogP contribution in [0.5, 0.6) is 0 Å². The normalized spacial score (nSPS) is 16.9. The van der Waals surface area contributed by atoms with Crippen LogP contribution in [0.4, 0.5) is 0 Å². The van der Waals surface area contributed by atoms with Crippen LogP contribution in [0, 0.1) is 0 Å². The van der Waals surface area contributed by atoms with Crippen molar-refractivity contribution < 1.29 is 0 Å². The molecular weight excluding hydrogens is 204 g/mol. The summed E-state index contributed by atoms with van der Waals surface area (Å²) in [6, 6.07) is 0. The second-order valence-corrected chi connectivity index (χ2v) is 4.29. The molecule has 1 aromatic heterocycles. The highest BCUT2D eigenvalue weighted by Crippen LogP contribution is 2.14. The molecule has 2 heterocycles. The minimum Gasteiger partial charge on any atom is -0.330 e. The molecule has 0 radical (unpaired) electrons. The third-order valence-electron chi connectivity index (χ3n) is 3.08. The summed E-state index contributed by atoms with van der Waals surface area (Å²) >= 11 is 0. The van der Waals surface area contributed by atoms with Crippen molar-refractivity contribution in [1.29, 1.82) is 0 Å². The molecular formula is C11H18N4O. The molecule has 1 aliphatic heterocycles. The molecule has 0 aromatic carbocycles. The summed E-state index contributed by atoms with van der Waals surface area (Å²) < 4.78 is 0. The molecule has 0 unspecified atom stereocenters. The first kappa shape index (κ1) is 11.3. The van der Waals surface area contributed by atoms with Crippen molar-refractivity contribution in [3.63, 3.8) is 0 Å². The molecule has 16 heavy (non-hydrogen) atoms. The van der Waals surface area contributed by atoms with Gasteiger partial charge in [0.1, 0.15) is 0 Å². The van der Waals surface area contributed by atoms with E-state index in [1.807, 2.05) is 0 Å². The number of nitrogens with two attached hydrogens (primary N) is 1. The van der Waals surface area contributed by atoms with E-state index in [4.69, 9.17) is 5.73 Å². The van der Waals surface area contributed by atoms with Gasteiger partial charge in [-0.2, -0.15) is 4.98 Å². The molecule has 5 nitrogen and oxygen atoms in total. The second kappa shape index (κ2) is 4.76. The Labute approximate surface area is 94.7 Å². The van der Waals surface area contributed by atoms with Crippen LogP contribution >= 0.6 is 0 Å². The Morgan fingerprint density at radius 2 is 2.19 bits per heavy atom. The predicted octanol–water partition coefficient (Wildman–Crippen LogP) is -0.698. The number of nitrogens with one attached hydrogen (secondary N) is 1. The summed E-state index contributed by atoms with van der Waals surface area (Å²) in [5, 5.41) is 0. The van der Waals surface area contributed by atoms with Gasteiger partial charge in [0.25, 0.3) is 0 Å². The van der Waals surface area contributed by atoms with Gasteiger partial charge in [0.2, 0.25) is 0 Å². The van der Waals surface area contributed by atoms with Gasteiger partial charge in [0.15, 0.2) is 0 Å². The Morgan fingerprint density at radius 3 is 2.94 bits per heavy atom. The highest BCUT2D eigenvalue weighted by Gasteiger charge is 2.16. The number of aromatic nitrogens is 2. The number of rotatable bonds is 2. The summed E-state index contributed by atoms with van der Waals surface area (Å²) in [6.45, 7) is 2.53. The lowest BCUT2D eigenvalue weighted by molar-refractivity contribution is 0.351. The highest BCUT2D eigenvalue weighted by molar-refractivity contribution is 5.26. The average Bonchev–Trinajstić information content (AvgIpc) is 2.42. The van der Waals surface area contributed by atoms with Gasteiger partial charge in [0.05, 0.1) is 5.69 Å². The molecule has 3 N–H and O–H groups in total. The summed E-state index contributed by atoms with van der Waals surface area (Å²) in [4.78, 5) is 20.6. The number of hydrogen-bond acceptors (Lipinski definition) is 4. The van der Waals surface area contributed by atoms with Crippen molar-refractivity contribution in [2.24, 2.45) is 5.73 Å². The van der Waals surface area contributed by atoms with E-state index < -0.39 is 0 Å². The van der Waals surface area contributed by atoms with Crippen LogP contribution in [-0.2, 0) is 19.3 Å². The van der Waals surface area contributed by atoms with Crippen molar-refractivity contribution >= 4 is 0 Å². The zero-order chi connectivity index (χ0) is 11.5. The molecule has 88 valence electrons. The quantitative estimate of drug-likeness (QED) is 0.694. The Bertz CT molecular complexity index is 426. The van der Waals surface area contributed by atoms with E-state index in [-0.39, 0.29) is 5.69 Å². The predicted molar refractivity (Wildman–Crippen MR) is 62.5 cm³/mol. The summed E-state index contributed by atoms with van der Waals surface area (Å²) in [6.07, 6.45) is 2.53. The van der Waals surface area contributed by atoms with Crippen LogP contribution in [0.2, 0.25) is 0 Å². The molecule has 0 bridgehead atoms. The van der Waals surface area contributed by atoms with Crippen LogP contribution in [0.3, 0.4) is 0 Å². The zero-order valence-corrected chi connectivity index (χ0v) is 9.62. The van der Waals surface area contributed by atoms with Gasteiger partial charge in [-0.3, -0.25) is 0 Å². The maximum atomic E-state index is 11.4. The molecule has 1 aromatic rings. The smallest absolute Gasteiger partial charge is 0.330 e. The fraction of sp³-hybridized carbons (Fsp3) is 0.636. The zero-order valence-electron chi connectivity index (χ0n) is 9.62. The van der Waals surface area contributed by atoms with Crippen molar-refractivity contribution in [2.75, 3.05) is 26.7 Å². The lowest BCUT2D eigenvalue weighted by atomic mass is 10.0. The van der Waals surface area contributed by atoms with E-state index in [1.165, 1.54) is 5.56 Å². The second-order valence-electron chi connectivity index (χ2n) is 4.29. The van der Waals surface area contributed by atoms with Gasteiger partial charge in [-0.05, 0) is 25.6 Å². The molecule has 0 saturated carbocycles. The molecule has 0 fully saturated rings. The summed E-state index contributed by atoms with van der Waals surface area (Å²) in [5.41, 5.74) is 8.44. The number of likely N-dealkylation sites (N-methyl/N-ethyl adjacent to an activating group) is 1. The van der Waals surface area contributed by atoms with Crippen molar-refractivity contribution in [1.82, 2.24) is 14.9 Å². The molecule has 0 amide bonds. The fourth-order valence-electron chi connectivity index (χ4n) is 2.17. The van der Waals surface area contributed by atoms with E-state index in [1.54, 1.807) is 0 Å². The average molecular weight is 222 g/mol. The van der Waals surface area contributed by atoms with E-state index in [0.717, 1.165) is 37.3 Å². The Kier molecular flexibility index (Phi) is 3.36. The van der Waals surface area contributed by atoms with Crippen LogP contribution < -0.4 is 11.4 Å².